The Bertz CT molecular complexity index is 435. The molecule has 0 aliphatic carbocycles. The molecular formula is C16H23BrO3. The molecule has 0 aromatic heterocycles. The summed E-state index contributed by atoms with van der Waals surface area (Å²) in [5.74, 6) is -0.439. The average molecular weight is 343 g/mol. The average Bonchev–Trinajstić information content (AvgIpc) is 2.35. The number of esters is 1. The van der Waals surface area contributed by atoms with E-state index >= 15 is 0 Å². The second-order valence-corrected chi connectivity index (χ2v) is 7.76. The largest absolute Gasteiger partial charge is 0.459 e. The van der Waals surface area contributed by atoms with Crippen molar-refractivity contribution < 1.29 is 14.6 Å². The highest BCUT2D eigenvalue weighted by Gasteiger charge is 2.41. The molecule has 20 heavy (non-hydrogen) atoms. The molecule has 0 saturated heterocycles. The van der Waals surface area contributed by atoms with E-state index in [0.717, 1.165) is 5.56 Å². The molecule has 0 amide bonds. The molecule has 0 saturated carbocycles. The summed E-state index contributed by atoms with van der Waals surface area (Å²) in [7, 11) is 0. The van der Waals surface area contributed by atoms with Crippen LogP contribution in [0.3, 0.4) is 0 Å². The quantitative estimate of drug-likeness (QED) is 0.658. The molecule has 1 aromatic carbocycles. The van der Waals surface area contributed by atoms with Gasteiger partial charge in [-0.1, -0.05) is 46.3 Å². The third kappa shape index (κ3) is 5.25. The first-order valence-corrected chi connectivity index (χ1v) is 7.56. The van der Waals surface area contributed by atoms with Gasteiger partial charge in [0.05, 0.1) is 6.10 Å². The molecule has 3 nitrogen and oxygen atoms in total. The fourth-order valence-electron chi connectivity index (χ4n) is 1.73. The molecule has 0 bridgehead atoms. The van der Waals surface area contributed by atoms with Gasteiger partial charge in [0.1, 0.15) is 9.93 Å². The number of benzene rings is 1. The Hall–Kier alpha value is -0.870. The zero-order chi connectivity index (χ0) is 15.4. The standard InChI is InChI=1S/C16H23BrO3/c1-15(2,3)20-14(19)16(4,17)13(18)11-10-12-8-6-5-7-9-12/h5-9,13,18H,10-11H2,1-4H3/t13-,16+/m1/s1. The summed E-state index contributed by atoms with van der Waals surface area (Å²) in [6.07, 6.45) is 0.398. The van der Waals surface area contributed by atoms with Crippen molar-refractivity contribution in [3.8, 4) is 0 Å². The number of aliphatic hydroxyl groups is 1. The number of ether oxygens (including phenoxy) is 1. The molecule has 0 aliphatic heterocycles. The van der Waals surface area contributed by atoms with Crippen LogP contribution in [-0.2, 0) is 16.0 Å². The maximum Gasteiger partial charge on any atom is 0.325 e. The zero-order valence-electron chi connectivity index (χ0n) is 12.5. The molecule has 1 rings (SSSR count). The molecule has 0 fully saturated rings. The molecular weight excluding hydrogens is 320 g/mol. The molecule has 0 heterocycles. The van der Waals surface area contributed by atoms with Crippen molar-refractivity contribution in [2.75, 3.05) is 0 Å². The van der Waals surface area contributed by atoms with Gasteiger partial charge in [0, 0.05) is 0 Å². The first kappa shape index (κ1) is 17.2. The number of alkyl halides is 1. The Balaban J connectivity index is 2.60. The molecule has 112 valence electrons. The summed E-state index contributed by atoms with van der Waals surface area (Å²) in [6.45, 7) is 7.08. The van der Waals surface area contributed by atoms with Gasteiger partial charge in [-0.2, -0.15) is 0 Å². The first-order valence-electron chi connectivity index (χ1n) is 6.77. The summed E-state index contributed by atoms with van der Waals surface area (Å²) < 4.78 is 4.24. The number of halogens is 1. The normalized spacial score (nSPS) is 16.3. The minimum atomic E-state index is -1.09. The highest BCUT2D eigenvalue weighted by molar-refractivity contribution is 9.10. The lowest BCUT2D eigenvalue weighted by atomic mass is 9.97. The van der Waals surface area contributed by atoms with E-state index in [2.05, 4.69) is 15.9 Å². The lowest BCUT2D eigenvalue weighted by molar-refractivity contribution is -0.160. The Kier molecular flexibility index (Phi) is 5.78. The van der Waals surface area contributed by atoms with Crippen LogP contribution in [0.25, 0.3) is 0 Å². The van der Waals surface area contributed by atoms with E-state index < -0.39 is 22.0 Å². The highest BCUT2D eigenvalue weighted by Crippen LogP contribution is 2.29. The van der Waals surface area contributed by atoms with Gasteiger partial charge in [0.2, 0.25) is 0 Å². The zero-order valence-corrected chi connectivity index (χ0v) is 14.1. The number of aliphatic hydroxyl groups excluding tert-OH is 1. The smallest absolute Gasteiger partial charge is 0.325 e. The minimum Gasteiger partial charge on any atom is -0.459 e. The van der Waals surface area contributed by atoms with Crippen LogP contribution in [0, 0.1) is 0 Å². The van der Waals surface area contributed by atoms with Gasteiger partial charge >= 0.3 is 5.97 Å². The van der Waals surface area contributed by atoms with Crippen LogP contribution in [0.5, 0.6) is 0 Å². The third-order valence-corrected chi connectivity index (χ3v) is 3.83. The molecule has 4 heteroatoms. The summed E-state index contributed by atoms with van der Waals surface area (Å²) in [4.78, 5) is 12.1. The minimum absolute atomic E-state index is 0.439. The highest BCUT2D eigenvalue weighted by atomic mass is 79.9. The first-order chi connectivity index (χ1) is 9.13. The van der Waals surface area contributed by atoms with Crippen molar-refractivity contribution in [2.24, 2.45) is 0 Å². The number of hydrogen-bond acceptors (Lipinski definition) is 3. The Morgan fingerprint density at radius 3 is 2.30 bits per heavy atom. The Morgan fingerprint density at radius 1 is 1.25 bits per heavy atom. The fourth-order valence-corrected chi connectivity index (χ4v) is 2.04. The molecule has 1 aromatic rings. The number of rotatable bonds is 5. The van der Waals surface area contributed by atoms with E-state index in [1.165, 1.54) is 0 Å². The second kappa shape index (κ2) is 6.72. The van der Waals surface area contributed by atoms with Crippen LogP contribution in [-0.4, -0.2) is 27.1 Å². The molecule has 1 N–H and O–H groups in total. The van der Waals surface area contributed by atoms with E-state index in [1.54, 1.807) is 6.92 Å². The van der Waals surface area contributed by atoms with E-state index in [4.69, 9.17) is 4.74 Å². The number of aryl methyl sites for hydroxylation is 1. The molecule has 0 unspecified atom stereocenters. The van der Waals surface area contributed by atoms with Crippen LogP contribution >= 0.6 is 15.9 Å². The van der Waals surface area contributed by atoms with Crippen LogP contribution < -0.4 is 0 Å². The van der Waals surface area contributed by atoms with E-state index in [0.29, 0.717) is 12.8 Å². The van der Waals surface area contributed by atoms with Crippen molar-refractivity contribution in [3.05, 3.63) is 35.9 Å². The number of hydrogen-bond donors (Lipinski definition) is 1. The van der Waals surface area contributed by atoms with Crippen molar-refractivity contribution in [3.63, 3.8) is 0 Å². The van der Waals surface area contributed by atoms with Crippen LogP contribution in [0.2, 0.25) is 0 Å². The molecule has 0 radical (unpaired) electrons. The lowest BCUT2D eigenvalue weighted by Gasteiger charge is -2.30. The van der Waals surface area contributed by atoms with Gasteiger partial charge in [-0.25, -0.2) is 0 Å². The summed E-state index contributed by atoms with van der Waals surface area (Å²) >= 11 is 3.31. The lowest BCUT2D eigenvalue weighted by Crippen LogP contribution is -2.45. The van der Waals surface area contributed by atoms with Gasteiger partial charge in [0.25, 0.3) is 0 Å². The predicted octanol–water partition coefficient (Wildman–Crippen LogP) is 3.48. The van der Waals surface area contributed by atoms with Crippen LogP contribution in [0.15, 0.2) is 30.3 Å². The van der Waals surface area contributed by atoms with E-state index in [-0.39, 0.29) is 0 Å². The van der Waals surface area contributed by atoms with Crippen molar-refractivity contribution in [2.45, 2.75) is 56.6 Å². The topological polar surface area (TPSA) is 46.5 Å². The maximum absolute atomic E-state index is 12.1. The summed E-state index contributed by atoms with van der Waals surface area (Å²) in [5.41, 5.74) is 0.574. The van der Waals surface area contributed by atoms with Crippen LogP contribution in [0.1, 0.15) is 39.7 Å². The van der Waals surface area contributed by atoms with Gasteiger partial charge in [-0.3, -0.25) is 4.79 Å². The Labute approximate surface area is 129 Å². The van der Waals surface area contributed by atoms with Crippen molar-refractivity contribution >= 4 is 21.9 Å². The predicted molar refractivity (Wildman–Crippen MR) is 83.9 cm³/mol. The molecule has 0 spiro atoms. The van der Waals surface area contributed by atoms with Crippen molar-refractivity contribution in [1.82, 2.24) is 0 Å². The second-order valence-electron chi connectivity index (χ2n) is 6.12. The summed E-state index contributed by atoms with van der Waals surface area (Å²) in [5, 5.41) is 10.3. The summed E-state index contributed by atoms with van der Waals surface area (Å²) in [6, 6.07) is 9.89. The van der Waals surface area contributed by atoms with Crippen LogP contribution in [0.4, 0.5) is 0 Å². The van der Waals surface area contributed by atoms with Gasteiger partial charge in [-0.15, -0.1) is 0 Å². The monoisotopic (exact) mass is 342 g/mol. The molecule has 2 atom stereocenters. The van der Waals surface area contributed by atoms with E-state index in [9.17, 15) is 9.90 Å². The SMILES string of the molecule is CC(C)(C)OC(=O)[C@@](C)(Br)[C@H](O)CCc1ccccc1. The molecule has 0 aliphatic rings. The maximum atomic E-state index is 12.1. The van der Waals surface area contributed by atoms with Gasteiger partial charge in [0.15, 0.2) is 0 Å². The Morgan fingerprint density at radius 2 is 1.80 bits per heavy atom. The fraction of sp³-hybridized carbons (Fsp3) is 0.562. The van der Waals surface area contributed by atoms with Crippen molar-refractivity contribution in [1.29, 1.82) is 0 Å². The van der Waals surface area contributed by atoms with Gasteiger partial charge < -0.3 is 9.84 Å². The number of carbonyl (C=O) groups excluding carboxylic acids is 1. The van der Waals surface area contributed by atoms with Gasteiger partial charge in [-0.05, 0) is 46.1 Å². The third-order valence-electron chi connectivity index (χ3n) is 2.97. The van der Waals surface area contributed by atoms with E-state index in [1.807, 2.05) is 51.1 Å². The number of carbonyl (C=O) groups is 1.